The van der Waals surface area contributed by atoms with E-state index in [1.807, 2.05) is 19.1 Å². The van der Waals surface area contributed by atoms with Crippen LogP contribution in [0.2, 0.25) is 0 Å². The minimum Gasteiger partial charge on any atom is -0.487 e. The van der Waals surface area contributed by atoms with Gasteiger partial charge in [0.2, 0.25) is 0 Å². The molecule has 1 heterocycles. The van der Waals surface area contributed by atoms with Crippen LogP contribution in [-0.4, -0.2) is 4.98 Å². The minimum absolute atomic E-state index is 0.231. The molecule has 2 N–H and O–H groups in total. The summed E-state index contributed by atoms with van der Waals surface area (Å²) in [4.78, 5) is 4.14. The van der Waals surface area contributed by atoms with Gasteiger partial charge in [0.05, 0.1) is 11.9 Å². The number of aryl methyl sites for hydroxylation is 1. The molecule has 0 radical (unpaired) electrons. The third-order valence-corrected chi connectivity index (χ3v) is 2.71. The summed E-state index contributed by atoms with van der Waals surface area (Å²) in [6.07, 6.45) is 1.64. The van der Waals surface area contributed by atoms with Gasteiger partial charge >= 0.3 is 0 Å². The van der Waals surface area contributed by atoms with E-state index in [4.69, 9.17) is 10.5 Å². The molecule has 18 heavy (non-hydrogen) atoms. The van der Waals surface area contributed by atoms with Crippen LogP contribution >= 0.6 is 0 Å². The highest BCUT2D eigenvalue weighted by Crippen LogP contribution is 2.15. The molecule has 4 heteroatoms. The summed E-state index contributed by atoms with van der Waals surface area (Å²) in [5.74, 6) is 0.446. The molecule has 2 rings (SSSR count). The third kappa shape index (κ3) is 3.05. The number of hydrogen-bond acceptors (Lipinski definition) is 3. The van der Waals surface area contributed by atoms with Gasteiger partial charge in [0.15, 0.2) is 0 Å². The summed E-state index contributed by atoms with van der Waals surface area (Å²) in [6.45, 7) is 2.67. The number of ether oxygens (including phenoxy) is 1. The van der Waals surface area contributed by atoms with Crippen molar-refractivity contribution in [1.82, 2.24) is 4.98 Å². The smallest absolute Gasteiger partial charge is 0.138 e. The van der Waals surface area contributed by atoms with E-state index in [-0.39, 0.29) is 5.82 Å². The van der Waals surface area contributed by atoms with Gasteiger partial charge in [-0.3, -0.25) is 4.98 Å². The van der Waals surface area contributed by atoms with E-state index in [0.29, 0.717) is 18.9 Å². The van der Waals surface area contributed by atoms with Gasteiger partial charge < -0.3 is 10.5 Å². The van der Waals surface area contributed by atoms with Crippen LogP contribution in [-0.2, 0) is 13.2 Å². The molecule has 0 saturated heterocycles. The highest BCUT2D eigenvalue weighted by molar-refractivity contribution is 5.27. The topological polar surface area (TPSA) is 48.1 Å². The first-order chi connectivity index (χ1) is 8.69. The van der Waals surface area contributed by atoms with Gasteiger partial charge in [-0.25, -0.2) is 4.39 Å². The average Bonchev–Trinajstić information content (AvgIpc) is 2.38. The van der Waals surface area contributed by atoms with Crippen molar-refractivity contribution in [1.29, 1.82) is 0 Å². The van der Waals surface area contributed by atoms with Gasteiger partial charge in [-0.2, -0.15) is 0 Å². The van der Waals surface area contributed by atoms with Crippen molar-refractivity contribution in [3.05, 3.63) is 59.2 Å². The van der Waals surface area contributed by atoms with E-state index in [1.54, 1.807) is 12.3 Å². The number of nitrogens with zero attached hydrogens (tertiary/aromatic N) is 1. The lowest BCUT2D eigenvalue weighted by Gasteiger charge is -2.08. The minimum atomic E-state index is -0.231. The van der Waals surface area contributed by atoms with Crippen molar-refractivity contribution in [2.75, 3.05) is 0 Å². The second kappa shape index (κ2) is 5.60. The maximum atomic E-state index is 12.9. The molecule has 0 amide bonds. The Morgan fingerprint density at radius 2 is 2.11 bits per heavy atom. The molecule has 0 saturated carbocycles. The van der Waals surface area contributed by atoms with E-state index in [2.05, 4.69) is 4.98 Å². The van der Waals surface area contributed by atoms with Crippen LogP contribution in [0.4, 0.5) is 4.39 Å². The Morgan fingerprint density at radius 1 is 1.28 bits per heavy atom. The van der Waals surface area contributed by atoms with Crippen LogP contribution in [0.5, 0.6) is 5.75 Å². The van der Waals surface area contributed by atoms with Crippen LogP contribution < -0.4 is 10.5 Å². The summed E-state index contributed by atoms with van der Waals surface area (Å²) in [7, 11) is 0. The summed E-state index contributed by atoms with van der Waals surface area (Å²) in [5, 5.41) is 0. The lowest BCUT2D eigenvalue weighted by Crippen LogP contribution is -2.01. The number of rotatable bonds is 4. The van der Waals surface area contributed by atoms with Crippen LogP contribution in [0.25, 0.3) is 0 Å². The lowest BCUT2D eigenvalue weighted by atomic mass is 10.1. The van der Waals surface area contributed by atoms with Crippen LogP contribution in [0.15, 0.2) is 36.5 Å². The van der Waals surface area contributed by atoms with Crippen molar-refractivity contribution in [2.45, 2.75) is 20.1 Å². The largest absolute Gasteiger partial charge is 0.487 e. The Balaban J connectivity index is 2.02. The molecule has 0 fully saturated rings. The Bertz CT molecular complexity index is 526. The molecule has 0 aliphatic carbocycles. The molecule has 0 atom stereocenters. The highest BCUT2D eigenvalue weighted by atomic mass is 19.1. The first-order valence-corrected chi connectivity index (χ1v) is 5.72. The van der Waals surface area contributed by atoms with E-state index in [1.165, 1.54) is 12.1 Å². The van der Waals surface area contributed by atoms with Gasteiger partial charge in [0.25, 0.3) is 0 Å². The molecule has 0 unspecified atom stereocenters. The Kier molecular flexibility index (Phi) is 3.89. The Hall–Kier alpha value is -1.94. The van der Waals surface area contributed by atoms with Gasteiger partial charge in [-0.05, 0) is 42.3 Å². The number of halogens is 1. The van der Waals surface area contributed by atoms with Crippen molar-refractivity contribution < 1.29 is 9.13 Å². The molecule has 0 bridgehead atoms. The van der Waals surface area contributed by atoms with Gasteiger partial charge in [0, 0.05) is 6.54 Å². The summed E-state index contributed by atoms with van der Waals surface area (Å²) in [6, 6.07) is 8.31. The van der Waals surface area contributed by atoms with Gasteiger partial charge in [-0.1, -0.05) is 6.07 Å². The molecule has 0 aliphatic rings. The molecule has 1 aromatic carbocycles. The number of benzene rings is 1. The first kappa shape index (κ1) is 12.5. The Morgan fingerprint density at radius 3 is 2.72 bits per heavy atom. The number of nitrogens with two attached hydrogens (primary N) is 1. The highest BCUT2D eigenvalue weighted by Gasteiger charge is 2.02. The summed E-state index contributed by atoms with van der Waals surface area (Å²) < 4.78 is 18.5. The molecule has 0 aliphatic heterocycles. The molecular weight excluding hydrogens is 231 g/mol. The van der Waals surface area contributed by atoms with Crippen molar-refractivity contribution >= 4 is 0 Å². The van der Waals surface area contributed by atoms with E-state index >= 15 is 0 Å². The first-order valence-electron chi connectivity index (χ1n) is 5.72. The fourth-order valence-electron chi connectivity index (χ4n) is 1.60. The molecule has 0 spiro atoms. The second-order valence-corrected chi connectivity index (χ2v) is 4.05. The number of aromatic nitrogens is 1. The third-order valence-electron chi connectivity index (χ3n) is 2.71. The van der Waals surface area contributed by atoms with Crippen LogP contribution in [0.1, 0.15) is 16.8 Å². The van der Waals surface area contributed by atoms with Crippen molar-refractivity contribution in [3.63, 3.8) is 0 Å². The normalized spacial score (nSPS) is 10.4. The van der Waals surface area contributed by atoms with Crippen molar-refractivity contribution in [3.8, 4) is 5.75 Å². The zero-order valence-electron chi connectivity index (χ0n) is 10.2. The van der Waals surface area contributed by atoms with E-state index < -0.39 is 0 Å². The van der Waals surface area contributed by atoms with Crippen molar-refractivity contribution in [2.24, 2.45) is 5.73 Å². The number of hydrogen-bond donors (Lipinski definition) is 1. The SMILES string of the molecule is Cc1cc(F)ccc1COc1ccc(CN)nc1. The van der Waals surface area contributed by atoms with Gasteiger partial charge in [0.1, 0.15) is 18.2 Å². The monoisotopic (exact) mass is 246 g/mol. The quantitative estimate of drug-likeness (QED) is 0.902. The second-order valence-electron chi connectivity index (χ2n) is 4.05. The number of pyridine rings is 1. The Labute approximate surface area is 105 Å². The van der Waals surface area contributed by atoms with Gasteiger partial charge in [-0.15, -0.1) is 0 Å². The maximum Gasteiger partial charge on any atom is 0.138 e. The van der Waals surface area contributed by atoms with Crippen LogP contribution in [0, 0.1) is 12.7 Å². The summed E-state index contributed by atoms with van der Waals surface area (Å²) >= 11 is 0. The fourth-order valence-corrected chi connectivity index (χ4v) is 1.60. The molecule has 3 nitrogen and oxygen atoms in total. The molecule has 94 valence electrons. The molecule has 1 aromatic heterocycles. The summed E-state index contributed by atoms with van der Waals surface area (Å²) in [5.41, 5.74) is 8.11. The predicted molar refractivity (Wildman–Crippen MR) is 67.6 cm³/mol. The fraction of sp³-hybridized carbons (Fsp3) is 0.214. The predicted octanol–water partition coefficient (Wildman–Crippen LogP) is 2.57. The van der Waals surface area contributed by atoms with E-state index in [0.717, 1.165) is 16.8 Å². The zero-order valence-corrected chi connectivity index (χ0v) is 10.2. The standard InChI is InChI=1S/C14H15FN2O/c1-10-6-12(15)3-2-11(10)9-18-14-5-4-13(7-16)17-8-14/h2-6,8H,7,9,16H2,1H3. The molecule has 2 aromatic rings. The maximum absolute atomic E-state index is 12.9. The zero-order chi connectivity index (χ0) is 13.0. The van der Waals surface area contributed by atoms with E-state index in [9.17, 15) is 4.39 Å². The lowest BCUT2D eigenvalue weighted by molar-refractivity contribution is 0.304. The van der Waals surface area contributed by atoms with Crippen LogP contribution in [0.3, 0.4) is 0 Å². The molecular formula is C14H15FN2O. The average molecular weight is 246 g/mol.